The van der Waals surface area contributed by atoms with Gasteiger partial charge in [-0.3, -0.25) is 9.79 Å². The summed E-state index contributed by atoms with van der Waals surface area (Å²) in [7, 11) is 0. The zero-order valence-corrected chi connectivity index (χ0v) is 14.8. The van der Waals surface area contributed by atoms with Crippen LogP contribution >= 0.6 is 23.1 Å². The molecule has 3 aromatic rings. The molecule has 0 saturated carbocycles. The van der Waals surface area contributed by atoms with Gasteiger partial charge in [-0.2, -0.15) is 0 Å². The van der Waals surface area contributed by atoms with E-state index in [0.717, 1.165) is 35.8 Å². The van der Waals surface area contributed by atoms with E-state index in [2.05, 4.69) is 20.3 Å². The highest BCUT2D eigenvalue weighted by molar-refractivity contribution is 8.13. The average Bonchev–Trinajstić information content (AvgIpc) is 3.06. The number of amidine groups is 1. The van der Waals surface area contributed by atoms with Crippen molar-refractivity contribution in [1.82, 2.24) is 15.3 Å². The zero-order valence-electron chi connectivity index (χ0n) is 13.2. The third kappa shape index (κ3) is 3.45. The second-order valence-electron chi connectivity index (χ2n) is 5.60. The van der Waals surface area contributed by atoms with Gasteiger partial charge in [0.2, 0.25) is 0 Å². The highest BCUT2D eigenvalue weighted by Crippen LogP contribution is 2.31. The Labute approximate surface area is 151 Å². The Balaban J connectivity index is 1.64. The van der Waals surface area contributed by atoms with Crippen LogP contribution in [-0.2, 0) is 5.75 Å². The fourth-order valence-corrected chi connectivity index (χ4v) is 4.41. The van der Waals surface area contributed by atoms with Gasteiger partial charge in [-0.25, -0.2) is 9.37 Å². The molecule has 25 heavy (non-hydrogen) atoms. The van der Waals surface area contributed by atoms with Gasteiger partial charge in [0.25, 0.3) is 5.56 Å². The number of hydrogen-bond donors (Lipinski definition) is 2. The molecule has 1 aliphatic heterocycles. The number of thioether (sulfide) groups is 1. The molecule has 2 aromatic heterocycles. The first kappa shape index (κ1) is 16.3. The van der Waals surface area contributed by atoms with Crippen molar-refractivity contribution < 1.29 is 4.39 Å². The van der Waals surface area contributed by atoms with E-state index in [1.54, 1.807) is 23.9 Å². The van der Waals surface area contributed by atoms with Crippen LogP contribution < -0.4 is 10.9 Å². The lowest BCUT2D eigenvalue weighted by Crippen LogP contribution is -2.27. The van der Waals surface area contributed by atoms with Gasteiger partial charge in [0.05, 0.1) is 11.1 Å². The number of nitrogens with one attached hydrogen (secondary N) is 2. The summed E-state index contributed by atoms with van der Waals surface area (Å²) in [6.07, 6.45) is 1.05. The maximum atomic E-state index is 13.1. The minimum atomic E-state index is -0.297. The van der Waals surface area contributed by atoms with Gasteiger partial charge < -0.3 is 10.3 Å². The molecular weight excluding hydrogens is 359 g/mol. The van der Waals surface area contributed by atoms with E-state index in [0.29, 0.717) is 21.8 Å². The third-order valence-corrected chi connectivity index (χ3v) is 5.70. The molecule has 2 N–H and O–H groups in total. The number of H-pyrrole nitrogens is 1. The van der Waals surface area contributed by atoms with E-state index in [9.17, 15) is 9.18 Å². The number of benzene rings is 1. The predicted molar refractivity (Wildman–Crippen MR) is 102 cm³/mol. The Hall–Kier alpha value is -2.19. The maximum absolute atomic E-state index is 13.1. The van der Waals surface area contributed by atoms with Crippen LogP contribution in [0, 0.1) is 5.82 Å². The normalized spacial score (nSPS) is 14.4. The topological polar surface area (TPSA) is 70.1 Å². The van der Waals surface area contributed by atoms with Crippen LogP contribution in [0.3, 0.4) is 0 Å². The molecule has 0 atom stereocenters. The molecule has 8 heteroatoms. The summed E-state index contributed by atoms with van der Waals surface area (Å²) in [6, 6.07) is 6.13. The largest absolute Gasteiger partial charge is 0.365 e. The molecule has 0 amide bonds. The molecule has 0 spiro atoms. The summed E-state index contributed by atoms with van der Waals surface area (Å²) in [5.41, 5.74) is 1.42. The molecule has 1 aliphatic rings. The van der Waals surface area contributed by atoms with Gasteiger partial charge in [0, 0.05) is 24.0 Å². The maximum Gasteiger partial charge on any atom is 0.260 e. The van der Waals surface area contributed by atoms with Gasteiger partial charge in [0.15, 0.2) is 5.17 Å². The lowest BCUT2D eigenvalue weighted by atomic mass is 10.1. The van der Waals surface area contributed by atoms with Crippen molar-refractivity contribution >= 4 is 38.5 Å². The van der Waals surface area contributed by atoms with Crippen LogP contribution in [0.15, 0.2) is 39.4 Å². The quantitative estimate of drug-likeness (QED) is 0.737. The Morgan fingerprint density at radius 1 is 1.28 bits per heavy atom. The molecule has 5 nitrogen and oxygen atoms in total. The number of rotatable bonds is 3. The molecule has 0 saturated heterocycles. The standard InChI is InChI=1S/C17H15FN4OS2/c18-11-4-2-10(3-5-11)12-8-24-16-14(12)15(23)21-13(22-16)9-25-17-19-6-1-7-20-17/h2-5,8H,1,6-7,9H2,(H,19,20)(H,21,22,23). The number of thiophene rings is 1. The van der Waals surface area contributed by atoms with Crippen LogP contribution in [0.5, 0.6) is 0 Å². The van der Waals surface area contributed by atoms with Crippen LogP contribution in [0.2, 0.25) is 0 Å². The van der Waals surface area contributed by atoms with Crippen molar-refractivity contribution in [1.29, 1.82) is 0 Å². The fraction of sp³-hybridized carbons (Fsp3) is 0.235. The summed E-state index contributed by atoms with van der Waals surface area (Å²) < 4.78 is 13.1. The van der Waals surface area contributed by atoms with Crippen LogP contribution in [0.25, 0.3) is 21.3 Å². The smallest absolute Gasteiger partial charge is 0.260 e. The first-order chi connectivity index (χ1) is 12.2. The van der Waals surface area contributed by atoms with Crippen molar-refractivity contribution in [3.8, 4) is 11.1 Å². The first-order valence-electron chi connectivity index (χ1n) is 7.88. The molecule has 0 bridgehead atoms. The summed E-state index contributed by atoms with van der Waals surface area (Å²) >= 11 is 2.96. The van der Waals surface area contributed by atoms with Gasteiger partial charge in [0.1, 0.15) is 16.5 Å². The van der Waals surface area contributed by atoms with E-state index in [-0.39, 0.29) is 11.4 Å². The van der Waals surface area contributed by atoms with E-state index in [1.165, 1.54) is 23.5 Å². The van der Waals surface area contributed by atoms with E-state index < -0.39 is 0 Å². The zero-order chi connectivity index (χ0) is 17.2. The van der Waals surface area contributed by atoms with Crippen molar-refractivity contribution in [2.75, 3.05) is 13.1 Å². The molecular formula is C17H15FN4OS2. The monoisotopic (exact) mass is 374 g/mol. The Morgan fingerprint density at radius 3 is 2.88 bits per heavy atom. The molecule has 0 aliphatic carbocycles. The summed E-state index contributed by atoms with van der Waals surface area (Å²) in [5.74, 6) is 0.889. The van der Waals surface area contributed by atoms with E-state index in [4.69, 9.17) is 0 Å². The van der Waals surface area contributed by atoms with Crippen molar-refractivity contribution in [3.05, 3.63) is 51.6 Å². The second kappa shape index (κ2) is 6.97. The first-order valence-corrected chi connectivity index (χ1v) is 9.75. The number of nitrogens with zero attached hydrogens (tertiary/aromatic N) is 2. The molecule has 4 rings (SSSR count). The average molecular weight is 374 g/mol. The fourth-order valence-electron chi connectivity index (χ4n) is 2.65. The Bertz CT molecular complexity index is 994. The molecule has 0 unspecified atom stereocenters. The van der Waals surface area contributed by atoms with E-state index >= 15 is 0 Å². The third-order valence-electron chi connectivity index (χ3n) is 3.86. The number of fused-ring (bicyclic) bond motifs is 1. The predicted octanol–water partition coefficient (Wildman–Crippen LogP) is 3.37. The molecule has 1 aromatic carbocycles. The Kier molecular flexibility index (Phi) is 4.54. The number of halogens is 1. The number of aliphatic imine (C=N–C) groups is 1. The van der Waals surface area contributed by atoms with Crippen LogP contribution in [0.4, 0.5) is 4.39 Å². The van der Waals surface area contributed by atoms with Crippen LogP contribution in [0.1, 0.15) is 12.2 Å². The van der Waals surface area contributed by atoms with Crippen LogP contribution in [-0.4, -0.2) is 28.2 Å². The Morgan fingerprint density at radius 2 is 2.12 bits per heavy atom. The second-order valence-corrected chi connectivity index (χ2v) is 7.43. The van der Waals surface area contributed by atoms with Gasteiger partial charge in [-0.1, -0.05) is 23.9 Å². The number of aromatic nitrogens is 2. The van der Waals surface area contributed by atoms with Gasteiger partial charge >= 0.3 is 0 Å². The van der Waals surface area contributed by atoms with E-state index in [1.807, 2.05) is 5.38 Å². The summed E-state index contributed by atoms with van der Waals surface area (Å²) in [6.45, 7) is 1.77. The lowest BCUT2D eigenvalue weighted by molar-refractivity contribution is 0.628. The van der Waals surface area contributed by atoms with Gasteiger partial charge in [-0.05, 0) is 24.1 Å². The van der Waals surface area contributed by atoms with Gasteiger partial charge in [-0.15, -0.1) is 11.3 Å². The van der Waals surface area contributed by atoms with Crippen molar-refractivity contribution in [3.63, 3.8) is 0 Å². The van der Waals surface area contributed by atoms with Crippen molar-refractivity contribution in [2.24, 2.45) is 4.99 Å². The minimum Gasteiger partial charge on any atom is -0.365 e. The summed E-state index contributed by atoms with van der Waals surface area (Å²) in [5, 5.41) is 6.58. The molecule has 3 heterocycles. The van der Waals surface area contributed by atoms with Crippen molar-refractivity contribution in [2.45, 2.75) is 12.2 Å². The lowest BCUT2D eigenvalue weighted by Gasteiger charge is -2.13. The summed E-state index contributed by atoms with van der Waals surface area (Å²) in [4.78, 5) is 25.1. The number of aromatic amines is 1. The molecule has 0 fully saturated rings. The minimum absolute atomic E-state index is 0.167. The molecule has 128 valence electrons. The number of hydrogen-bond acceptors (Lipinski definition) is 6. The SMILES string of the molecule is O=c1[nH]c(CSC2=NCCCN2)nc2scc(-c3ccc(F)cc3)c12. The highest BCUT2D eigenvalue weighted by Gasteiger charge is 2.14. The molecule has 0 radical (unpaired) electrons. The highest BCUT2D eigenvalue weighted by atomic mass is 32.2.